The average molecular weight is 325 g/mol. The number of furan rings is 1. The molecule has 1 saturated carbocycles. The number of rotatable bonds is 6. The number of nitrogens with one attached hydrogen (secondary N) is 2. The first kappa shape index (κ1) is 16.5. The van der Waals surface area contributed by atoms with E-state index in [0.717, 1.165) is 35.1 Å². The van der Waals surface area contributed by atoms with E-state index < -0.39 is 5.54 Å². The van der Waals surface area contributed by atoms with Gasteiger partial charge in [-0.05, 0) is 51.2 Å². The summed E-state index contributed by atoms with van der Waals surface area (Å²) in [5.74, 6) is 0.960. The minimum absolute atomic E-state index is 0.0857. The van der Waals surface area contributed by atoms with Crippen molar-refractivity contribution in [1.82, 2.24) is 10.6 Å². The van der Waals surface area contributed by atoms with Crippen LogP contribution in [-0.4, -0.2) is 18.0 Å². The molecule has 1 aromatic carbocycles. The molecule has 2 atom stereocenters. The summed E-state index contributed by atoms with van der Waals surface area (Å²) < 4.78 is 5.92. The third-order valence-corrected chi connectivity index (χ3v) is 4.87. The van der Waals surface area contributed by atoms with Crippen LogP contribution in [0.1, 0.15) is 44.1 Å². The summed E-state index contributed by atoms with van der Waals surface area (Å²) >= 11 is 0. The lowest BCUT2D eigenvalue weighted by Gasteiger charge is -2.23. The number of benzene rings is 1. The zero-order valence-electron chi connectivity index (χ0n) is 14.3. The van der Waals surface area contributed by atoms with Crippen LogP contribution in [0.4, 0.5) is 0 Å². The van der Waals surface area contributed by atoms with Gasteiger partial charge in [0.1, 0.15) is 16.9 Å². The van der Waals surface area contributed by atoms with Crippen molar-refractivity contribution in [3.8, 4) is 6.07 Å². The third-order valence-electron chi connectivity index (χ3n) is 4.87. The van der Waals surface area contributed by atoms with Gasteiger partial charge >= 0.3 is 0 Å². The molecule has 2 aromatic rings. The number of carbonyl (C=O) groups excluding carboxylic acids is 1. The van der Waals surface area contributed by atoms with Gasteiger partial charge in [-0.3, -0.25) is 10.1 Å². The normalized spacial score (nSPS) is 17.9. The topological polar surface area (TPSA) is 78.1 Å². The minimum atomic E-state index is -0.753. The lowest BCUT2D eigenvalue weighted by atomic mass is 9.98. The van der Waals surface area contributed by atoms with E-state index in [4.69, 9.17) is 4.42 Å². The van der Waals surface area contributed by atoms with Crippen molar-refractivity contribution in [2.75, 3.05) is 6.54 Å². The molecular formula is C19H23N3O2. The maximum atomic E-state index is 12.2. The van der Waals surface area contributed by atoms with Crippen LogP contribution < -0.4 is 10.6 Å². The Hall–Kier alpha value is -2.32. The van der Waals surface area contributed by atoms with Gasteiger partial charge in [0.05, 0.1) is 18.7 Å². The molecule has 0 saturated heterocycles. The largest absolute Gasteiger partial charge is 0.459 e. The van der Waals surface area contributed by atoms with E-state index in [1.54, 1.807) is 6.92 Å². The Morgan fingerprint density at radius 2 is 2.17 bits per heavy atom. The molecule has 3 rings (SSSR count). The van der Waals surface area contributed by atoms with Crippen molar-refractivity contribution in [2.45, 2.75) is 45.2 Å². The molecule has 5 heteroatoms. The van der Waals surface area contributed by atoms with E-state index in [-0.39, 0.29) is 24.4 Å². The number of aryl methyl sites for hydroxylation is 1. The van der Waals surface area contributed by atoms with Gasteiger partial charge in [-0.1, -0.05) is 18.2 Å². The second-order valence-corrected chi connectivity index (χ2v) is 6.83. The predicted molar refractivity (Wildman–Crippen MR) is 92.3 cm³/mol. The molecule has 0 radical (unpaired) electrons. The van der Waals surface area contributed by atoms with Crippen LogP contribution in [0.25, 0.3) is 11.0 Å². The van der Waals surface area contributed by atoms with Crippen LogP contribution >= 0.6 is 0 Å². The van der Waals surface area contributed by atoms with E-state index in [2.05, 4.69) is 16.7 Å². The fourth-order valence-electron chi connectivity index (χ4n) is 3.16. The summed E-state index contributed by atoms with van der Waals surface area (Å²) in [7, 11) is 0. The van der Waals surface area contributed by atoms with Crippen molar-refractivity contribution in [3.05, 3.63) is 35.6 Å². The zero-order chi connectivity index (χ0) is 17.3. The number of fused-ring (bicyclic) bond motifs is 1. The number of carbonyl (C=O) groups is 1. The molecule has 5 nitrogen and oxygen atoms in total. The van der Waals surface area contributed by atoms with Crippen LogP contribution in [0.5, 0.6) is 0 Å². The number of hydrogen-bond donors (Lipinski definition) is 2. The van der Waals surface area contributed by atoms with Gasteiger partial charge in [0.2, 0.25) is 5.91 Å². The third kappa shape index (κ3) is 3.15. The van der Waals surface area contributed by atoms with E-state index >= 15 is 0 Å². The van der Waals surface area contributed by atoms with Crippen LogP contribution in [0.15, 0.2) is 28.7 Å². The quantitative estimate of drug-likeness (QED) is 0.855. The van der Waals surface area contributed by atoms with E-state index in [9.17, 15) is 10.1 Å². The van der Waals surface area contributed by atoms with Crippen LogP contribution in [-0.2, 0) is 4.79 Å². The van der Waals surface area contributed by atoms with Crippen molar-refractivity contribution in [1.29, 1.82) is 5.26 Å². The molecule has 2 N–H and O–H groups in total. The predicted octanol–water partition coefficient (Wildman–Crippen LogP) is 3.20. The van der Waals surface area contributed by atoms with Gasteiger partial charge in [0.15, 0.2) is 0 Å². The Morgan fingerprint density at radius 1 is 1.46 bits per heavy atom. The minimum Gasteiger partial charge on any atom is -0.459 e. The molecule has 1 fully saturated rings. The standard InChI is InChI=1S/C19H23N3O2/c1-12-15-6-4-5-7-16(15)24-18(12)13(2)21-10-17(23)22-19(3,11-20)14-8-9-14/h4-7,13-14,21H,8-10H2,1-3H3,(H,22,23)/t13-,19+/m1/s1. The maximum absolute atomic E-state index is 12.2. The van der Waals surface area contributed by atoms with Gasteiger partial charge in [0.25, 0.3) is 0 Å². The number of amides is 1. The summed E-state index contributed by atoms with van der Waals surface area (Å²) in [6, 6.07) is 10.1. The molecule has 0 unspecified atom stereocenters. The highest BCUT2D eigenvalue weighted by molar-refractivity contribution is 5.82. The summed E-state index contributed by atoms with van der Waals surface area (Å²) in [6.07, 6.45) is 2.01. The van der Waals surface area contributed by atoms with Crippen molar-refractivity contribution < 1.29 is 9.21 Å². The Balaban J connectivity index is 1.62. The second kappa shape index (κ2) is 6.29. The SMILES string of the molecule is Cc1c([C@@H](C)NCC(=O)N[C@@](C)(C#N)C2CC2)oc2ccccc12. The molecule has 0 spiro atoms. The first-order valence-corrected chi connectivity index (χ1v) is 8.38. The van der Waals surface area contributed by atoms with E-state index in [1.807, 2.05) is 38.1 Å². The van der Waals surface area contributed by atoms with E-state index in [1.165, 1.54) is 0 Å². The Bertz CT molecular complexity index is 801. The molecule has 1 aromatic heterocycles. The Kier molecular flexibility index (Phi) is 4.33. The number of hydrogen-bond acceptors (Lipinski definition) is 4. The van der Waals surface area contributed by atoms with Crippen molar-refractivity contribution in [3.63, 3.8) is 0 Å². The molecule has 1 aliphatic rings. The zero-order valence-corrected chi connectivity index (χ0v) is 14.3. The van der Waals surface area contributed by atoms with Crippen LogP contribution in [0.2, 0.25) is 0 Å². The van der Waals surface area contributed by atoms with Gasteiger partial charge in [-0.2, -0.15) is 5.26 Å². The van der Waals surface area contributed by atoms with Crippen LogP contribution in [0, 0.1) is 24.2 Å². The molecule has 1 amide bonds. The molecule has 24 heavy (non-hydrogen) atoms. The summed E-state index contributed by atoms with van der Waals surface area (Å²) in [6.45, 7) is 5.96. The highest BCUT2D eigenvalue weighted by Gasteiger charge is 2.42. The summed E-state index contributed by atoms with van der Waals surface area (Å²) in [5.41, 5.74) is 1.19. The summed E-state index contributed by atoms with van der Waals surface area (Å²) in [4.78, 5) is 12.2. The molecule has 1 heterocycles. The number of nitriles is 1. The van der Waals surface area contributed by atoms with Gasteiger partial charge in [-0.15, -0.1) is 0 Å². The number of nitrogens with zero attached hydrogens (tertiary/aromatic N) is 1. The first-order valence-electron chi connectivity index (χ1n) is 8.38. The monoisotopic (exact) mass is 325 g/mol. The van der Waals surface area contributed by atoms with Gasteiger partial charge < -0.3 is 9.73 Å². The summed E-state index contributed by atoms with van der Waals surface area (Å²) in [5, 5.41) is 16.5. The van der Waals surface area contributed by atoms with Crippen molar-refractivity contribution >= 4 is 16.9 Å². The first-order chi connectivity index (χ1) is 11.4. The molecular weight excluding hydrogens is 302 g/mol. The van der Waals surface area contributed by atoms with Crippen molar-refractivity contribution in [2.24, 2.45) is 5.92 Å². The van der Waals surface area contributed by atoms with Gasteiger partial charge in [-0.25, -0.2) is 0 Å². The number of para-hydroxylation sites is 1. The Labute approximate surface area is 142 Å². The highest BCUT2D eigenvalue weighted by atomic mass is 16.3. The second-order valence-electron chi connectivity index (χ2n) is 6.83. The van der Waals surface area contributed by atoms with Crippen LogP contribution in [0.3, 0.4) is 0 Å². The van der Waals surface area contributed by atoms with Gasteiger partial charge in [0, 0.05) is 5.39 Å². The Morgan fingerprint density at radius 3 is 2.79 bits per heavy atom. The fourth-order valence-corrected chi connectivity index (χ4v) is 3.16. The average Bonchev–Trinajstić information content (AvgIpc) is 3.38. The smallest absolute Gasteiger partial charge is 0.235 e. The molecule has 0 aliphatic heterocycles. The molecule has 1 aliphatic carbocycles. The van der Waals surface area contributed by atoms with E-state index in [0.29, 0.717) is 0 Å². The molecule has 0 bridgehead atoms. The highest BCUT2D eigenvalue weighted by Crippen LogP contribution is 2.39. The maximum Gasteiger partial charge on any atom is 0.235 e. The fraction of sp³-hybridized carbons (Fsp3) is 0.474. The lowest BCUT2D eigenvalue weighted by Crippen LogP contribution is -2.49. The lowest BCUT2D eigenvalue weighted by molar-refractivity contribution is -0.121. The molecule has 126 valence electrons.